The predicted octanol–water partition coefficient (Wildman–Crippen LogP) is 3.56. The zero-order valence-corrected chi connectivity index (χ0v) is 12.7. The van der Waals surface area contributed by atoms with Crippen LogP contribution < -0.4 is 15.8 Å². The van der Waals surface area contributed by atoms with Crippen LogP contribution in [0.25, 0.3) is 0 Å². The van der Waals surface area contributed by atoms with Gasteiger partial charge < -0.3 is 15.8 Å². The first-order chi connectivity index (χ1) is 9.95. The number of rotatable bonds is 4. The van der Waals surface area contributed by atoms with Crippen LogP contribution in [0.15, 0.2) is 36.4 Å². The number of amides is 1. The van der Waals surface area contributed by atoms with Gasteiger partial charge in [0.1, 0.15) is 5.75 Å². The van der Waals surface area contributed by atoms with Crippen LogP contribution in [-0.2, 0) is 4.79 Å². The molecule has 0 saturated heterocycles. The molecule has 0 bridgehead atoms. The van der Waals surface area contributed by atoms with Crippen molar-refractivity contribution in [2.24, 2.45) is 0 Å². The van der Waals surface area contributed by atoms with Gasteiger partial charge in [0.25, 0.3) is 5.91 Å². The average Bonchev–Trinajstić information content (AvgIpc) is 2.44. The number of carbonyl (C=O) groups excluding carboxylic acids is 1. The van der Waals surface area contributed by atoms with E-state index in [2.05, 4.69) is 5.32 Å². The molecule has 0 fully saturated rings. The summed E-state index contributed by atoms with van der Waals surface area (Å²) >= 11 is 5.78. The summed E-state index contributed by atoms with van der Waals surface area (Å²) in [5.74, 6) is 0.353. The highest BCUT2D eigenvalue weighted by Crippen LogP contribution is 2.22. The van der Waals surface area contributed by atoms with Crippen molar-refractivity contribution in [2.45, 2.75) is 13.8 Å². The number of halogens is 1. The molecule has 0 atom stereocenters. The topological polar surface area (TPSA) is 64.3 Å². The molecule has 2 aromatic carbocycles. The van der Waals surface area contributed by atoms with Crippen molar-refractivity contribution in [3.8, 4) is 5.75 Å². The van der Waals surface area contributed by atoms with Crippen molar-refractivity contribution in [3.63, 3.8) is 0 Å². The highest BCUT2D eigenvalue weighted by Gasteiger charge is 2.07. The number of ether oxygens (including phenoxy) is 1. The molecule has 0 radical (unpaired) electrons. The van der Waals surface area contributed by atoms with Gasteiger partial charge in [-0.3, -0.25) is 4.79 Å². The number of hydrogen-bond acceptors (Lipinski definition) is 3. The molecule has 1 amide bonds. The van der Waals surface area contributed by atoms with Gasteiger partial charge in [-0.1, -0.05) is 17.7 Å². The first-order valence-electron chi connectivity index (χ1n) is 6.50. The molecule has 2 rings (SSSR count). The van der Waals surface area contributed by atoms with Gasteiger partial charge in [0.05, 0.1) is 0 Å². The predicted molar refractivity (Wildman–Crippen MR) is 85.9 cm³/mol. The molecular weight excluding hydrogens is 288 g/mol. The molecule has 110 valence electrons. The van der Waals surface area contributed by atoms with Gasteiger partial charge in [0, 0.05) is 16.4 Å². The lowest BCUT2D eigenvalue weighted by Gasteiger charge is -2.12. The van der Waals surface area contributed by atoms with E-state index in [4.69, 9.17) is 22.1 Å². The Balaban J connectivity index is 1.96. The first kappa shape index (κ1) is 15.2. The van der Waals surface area contributed by atoms with E-state index in [1.54, 1.807) is 30.3 Å². The fraction of sp³-hybridized carbons (Fsp3) is 0.188. The van der Waals surface area contributed by atoms with Gasteiger partial charge in [-0.15, -0.1) is 0 Å². The minimum absolute atomic E-state index is 0.0746. The summed E-state index contributed by atoms with van der Waals surface area (Å²) in [7, 11) is 0. The summed E-state index contributed by atoms with van der Waals surface area (Å²) in [5.41, 5.74) is 9.14. The van der Waals surface area contributed by atoms with Crippen molar-refractivity contribution < 1.29 is 9.53 Å². The molecule has 4 nitrogen and oxygen atoms in total. The Kier molecular flexibility index (Phi) is 4.70. The lowest BCUT2D eigenvalue weighted by molar-refractivity contribution is -0.118. The standard InChI is InChI=1S/C16H17ClN2O2/c1-10-7-11(2)15(8-14(10)18)19-16(20)9-21-13-5-3-12(17)4-6-13/h3-8H,9,18H2,1-2H3,(H,19,20). The molecule has 3 N–H and O–H groups in total. The number of benzene rings is 2. The van der Waals surface area contributed by atoms with E-state index in [0.29, 0.717) is 22.1 Å². The number of carbonyl (C=O) groups is 1. The molecule has 0 aliphatic carbocycles. The number of anilines is 2. The van der Waals surface area contributed by atoms with Gasteiger partial charge in [0.15, 0.2) is 6.61 Å². The Hall–Kier alpha value is -2.20. The van der Waals surface area contributed by atoms with E-state index in [9.17, 15) is 4.79 Å². The third-order valence-electron chi connectivity index (χ3n) is 3.07. The molecule has 0 aromatic heterocycles. The quantitative estimate of drug-likeness (QED) is 0.849. The van der Waals surface area contributed by atoms with Crippen LogP contribution in [-0.4, -0.2) is 12.5 Å². The van der Waals surface area contributed by atoms with Crippen molar-refractivity contribution in [1.82, 2.24) is 0 Å². The lowest BCUT2D eigenvalue weighted by Crippen LogP contribution is -2.20. The molecule has 0 unspecified atom stereocenters. The maximum Gasteiger partial charge on any atom is 0.262 e. The summed E-state index contributed by atoms with van der Waals surface area (Å²) in [5, 5.41) is 3.41. The minimum atomic E-state index is -0.240. The van der Waals surface area contributed by atoms with E-state index < -0.39 is 0 Å². The smallest absolute Gasteiger partial charge is 0.262 e. The second-order valence-corrected chi connectivity index (χ2v) is 5.25. The first-order valence-corrected chi connectivity index (χ1v) is 6.88. The minimum Gasteiger partial charge on any atom is -0.484 e. The van der Waals surface area contributed by atoms with Gasteiger partial charge in [-0.2, -0.15) is 0 Å². The van der Waals surface area contributed by atoms with Crippen LogP contribution in [0.5, 0.6) is 5.75 Å². The number of nitrogens with two attached hydrogens (primary N) is 1. The summed E-state index contributed by atoms with van der Waals surface area (Å²) in [6, 6.07) is 10.5. The third-order valence-corrected chi connectivity index (χ3v) is 3.32. The molecule has 0 heterocycles. The lowest BCUT2D eigenvalue weighted by atomic mass is 10.1. The molecular formula is C16H17ClN2O2. The number of hydrogen-bond donors (Lipinski definition) is 2. The molecule has 0 aliphatic heterocycles. The van der Waals surface area contributed by atoms with Gasteiger partial charge in [-0.25, -0.2) is 0 Å². The Morgan fingerprint density at radius 1 is 1.19 bits per heavy atom. The monoisotopic (exact) mass is 304 g/mol. The highest BCUT2D eigenvalue weighted by molar-refractivity contribution is 6.30. The van der Waals surface area contributed by atoms with E-state index in [0.717, 1.165) is 11.1 Å². The fourth-order valence-electron chi connectivity index (χ4n) is 1.87. The second kappa shape index (κ2) is 6.50. The Morgan fingerprint density at radius 3 is 2.52 bits per heavy atom. The van der Waals surface area contributed by atoms with Crippen molar-refractivity contribution in [2.75, 3.05) is 17.7 Å². The Morgan fingerprint density at radius 2 is 1.86 bits per heavy atom. The van der Waals surface area contributed by atoms with Crippen LogP contribution >= 0.6 is 11.6 Å². The van der Waals surface area contributed by atoms with Crippen molar-refractivity contribution in [3.05, 3.63) is 52.5 Å². The Bertz CT molecular complexity index is 654. The third kappa shape index (κ3) is 4.13. The van der Waals surface area contributed by atoms with Crippen LogP contribution in [0.2, 0.25) is 5.02 Å². The molecule has 0 aliphatic rings. The van der Waals surface area contributed by atoms with Crippen LogP contribution in [0.4, 0.5) is 11.4 Å². The van der Waals surface area contributed by atoms with E-state index in [-0.39, 0.29) is 12.5 Å². The number of nitrogen functional groups attached to an aromatic ring is 1. The SMILES string of the molecule is Cc1cc(C)c(NC(=O)COc2ccc(Cl)cc2)cc1N. The normalized spacial score (nSPS) is 10.2. The van der Waals surface area contributed by atoms with E-state index in [1.165, 1.54) is 0 Å². The second-order valence-electron chi connectivity index (χ2n) is 4.81. The molecule has 0 spiro atoms. The fourth-order valence-corrected chi connectivity index (χ4v) is 2.00. The highest BCUT2D eigenvalue weighted by atomic mass is 35.5. The molecule has 2 aromatic rings. The van der Waals surface area contributed by atoms with Crippen LogP contribution in [0, 0.1) is 13.8 Å². The molecule has 5 heteroatoms. The zero-order chi connectivity index (χ0) is 15.4. The van der Waals surface area contributed by atoms with Gasteiger partial charge in [0.2, 0.25) is 0 Å². The largest absolute Gasteiger partial charge is 0.484 e. The maximum absolute atomic E-state index is 11.9. The van der Waals surface area contributed by atoms with Crippen molar-refractivity contribution >= 4 is 28.9 Å². The van der Waals surface area contributed by atoms with Crippen molar-refractivity contribution in [1.29, 1.82) is 0 Å². The van der Waals surface area contributed by atoms with Gasteiger partial charge >= 0.3 is 0 Å². The average molecular weight is 305 g/mol. The summed E-state index contributed by atoms with van der Waals surface area (Å²) in [4.78, 5) is 11.9. The van der Waals surface area contributed by atoms with E-state index >= 15 is 0 Å². The summed E-state index contributed by atoms with van der Waals surface area (Å²) in [6.45, 7) is 3.77. The number of aryl methyl sites for hydroxylation is 2. The number of nitrogens with one attached hydrogen (secondary N) is 1. The van der Waals surface area contributed by atoms with Crippen LogP contribution in [0.1, 0.15) is 11.1 Å². The summed E-state index contributed by atoms with van der Waals surface area (Å²) < 4.78 is 5.39. The van der Waals surface area contributed by atoms with E-state index in [1.807, 2.05) is 19.9 Å². The van der Waals surface area contributed by atoms with Crippen LogP contribution in [0.3, 0.4) is 0 Å². The van der Waals surface area contributed by atoms with Gasteiger partial charge in [-0.05, 0) is 55.3 Å². The summed E-state index contributed by atoms with van der Waals surface area (Å²) in [6.07, 6.45) is 0. The molecule has 0 saturated carbocycles. The zero-order valence-electron chi connectivity index (χ0n) is 11.9. The maximum atomic E-state index is 11.9. The molecule has 21 heavy (non-hydrogen) atoms. The Labute approximate surface area is 128 Å².